The van der Waals surface area contributed by atoms with Crippen molar-refractivity contribution in [1.82, 2.24) is 19.9 Å². The van der Waals surface area contributed by atoms with Gasteiger partial charge in [-0.25, -0.2) is 19.7 Å². The summed E-state index contributed by atoms with van der Waals surface area (Å²) in [4.78, 5) is 37.9. The summed E-state index contributed by atoms with van der Waals surface area (Å²) in [5.74, 6) is -0.402. The van der Waals surface area contributed by atoms with E-state index in [9.17, 15) is 20.0 Å². The van der Waals surface area contributed by atoms with E-state index in [4.69, 9.17) is 0 Å². The van der Waals surface area contributed by atoms with Gasteiger partial charge in [-0.05, 0) is 28.1 Å². The lowest BCUT2D eigenvalue weighted by atomic mass is 10.1. The van der Waals surface area contributed by atoms with Crippen molar-refractivity contribution in [2.75, 3.05) is 23.7 Å². The third-order valence-corrected chi connectivity index (χ3v) is 4.10. The average Bonchev–Trinajstić information content (AvgIpc) is 2.71. The molecule has 3 rings (SSSR count). The van der Waals surface area contributed by atoms with Crippen LogP contribution in [0, 0.1) is 10.1 Å². The van der Waals surface area contributed by atoms with E-state index in [1.54, 1.807) is 12.3 Å². The molecule has 0 radical (unpaired) electrons. The van der Waals surface area contributed by atoms with Gasteiger partial charge in [0.2, 0.25) is 5.95 Å². The zero-order valence-corrected chi connectivity index (χ0v) is 16.3. The Bertz CT molecular complexity index is 1050. The molecule has 0 saturated carbocycles. The number of aromatic nitrogens is 4. The topological polar surface area (TPSA) is 156 Å². The average molecular weight is 460 g/mol. The van der Waals surface area contributed by atoms with Crippen LogP contribution in [0.2, 0.25) is 0 Å². The predicted octanol–water partition coefficient (Wildman–Crippen LogP) is 2.83. The third kappa shape index (κ3) is 5.19. The van der Waals surface area contributed by atoms with E-state index < -0.39 is 10.9 Å². The minimum absolute atomic E-state index is 0.0383. The molecule has 148 valence electrons. The second-order valence-electron chi connectivity index (χ2n) is 5.67. The molecule has 0 atom stereocenters. The van der Waals surface area contributed by atoms with Crippen molar-refractivity contribution in [3.8, 4) is 11.3 Å². The van der Waals surface area contributed by atoms with Crippen molar-refractivity contribution in [2.24, 2.45) is 0 Å². The van der Waals surface area contributed by atoms with Crippen molar-refractivity contribution in [3.63, 3.8) is 0 Å². The molecule has 0 amide bonds. The van der Waals surface area contributed by atoms with E-state index in [-0.39, 0.29) is 22.9 Å². The highest BCUT2D eigenvalue weighted by Gasteiger charge is 2.16. The Morgan fingerprint density at radius 1 is 1.14 bits per heavy atom. The Hall–Kier alpha value is -3.67. The Kier molecular flexibility index (Phi) is 6.24. The second kappa shape index (κ2) is 9.01. The molecule has 11 nitrogen and oxygen atoms in total. The summed E-state index contributed by atoms with van der Waals surface area (Å²) in [7, 11) is 0. The molecule has 0 bridgehead atoms. The zero-order chi connectivity index (χ0) is 20.8. The number of aromatic carboxylic acids is 1. The molecule has 0 fully saturated rings. The van der Waals surface area contributed by atoms with Crippen LogP contribution in [0.15, 0.2) is 47.5 Å². The summed E-state index contributed by atoms with van der Waals surface area (Å²) in [6.45, 7) is 0.837. The molecule has 0 saturated heterocycles. The van der Waals surface area contributed by atoms with Gasteiger partial charge in [0.1, 0.15) is 17.6 Å². The number of anilines is 2. The standard InChI is InChI=1S/C17H14BrN7O4/c18-11-5-10(6-19-7-11)15-13(16(26)27)9-23-17(24-15)21-4-3-20-14-2-1-12(8-22-14)25(28)29/h1-2,5-9H,3-4H2,(H,20,22)(H,26,27)(H,21,23,24). The van der Waals surface area contributed by atoms with Crippen molar-refractivity contribution >= 4 is 39.4 Å². The van der Waals surface area contributed by atoms with Crippen LogP contribution < -0.4 is 10.6 Å². The van der Waals surface area contributed by atoms with E-state index in [1.807, 2.05) is 0 Å². The molecule has 3 aromatic rings. The van der Waals surface area contributed by atoms with Gasteiger partial charge < -0.3 is 15.7 Å². The first kappa shape index (κ1) is 20.1. The van der Waals surface area contributed by atoms with Crippen LogP contribution in [0.3, 0.4) is 0 Å². The van der Waals surface area contributed by atoms with Gasteiger partial charge in [-0.1, -0.05) is 0 Å². The number of rotatable bonds is 8. The number of pyridine rings is 2. The number of hydrogen-bond acceptors (Lipinski definition) is 9. The molecule has 0 aromatic carbocycles. The van der Waals surface area contributed by atoms with E-state index in [0.29, 0.717) is 28.9 Å². The summed E-state index contributed by atoms with van der Waals surface area (Å²) < 4.78 is 0.694. The van der Waals surface area contributed by atoms with Crippen molar-refractivity contribution in [1.29, 1.82) is 0 Å². The van der Waals surface area contributed by atoms with Gasteiger partial charge in [-0.3, -0.25) is 15.1 Å². The molecular weight excluding hydrogens is 446 g/mol. The largest absolute Gasteiger partial charge is 0.478 e. The highest BCUT2D eigenvalue weighted by molar-refractivity contribution is 9.10. The number of nitrogens with one attached hydrogen (secondary N) is 2. The molecule has 0 unspecified atom stereocenters. The van der Waals surface area contributed by atoms with Crippen LogP contribution >= 0.6 is 15.9 Å². The van der Waals surface area contributed by atoms with Crippen molar-refractivity contribution in [2.45, 2.75) is 0 Å². The number of hydrogen-bond donors (Lipinski definition) is 3. The summed E-state index contributed by atoms with van der Waals surface area (Å²) in [5, 5.41) is 26.0. The summed E-state index contributed by atoms with van der Waals surface area (Å²) >= 11 is 3.30. The first-order valence-corrected chi connectivity index (χ1v) is 9.03. The van der Waals surface area contributed by atoms with Crippen molar-refractivity contribution in [3.05, 3.63) is 63.1 Å². The fraction of sp³-hybridized carbons (Fsp3) is 0.118. The summed E-state index contributed by atoms with van der Waals surface area (Å²) in [6, 6.07) is 4.58. The predicted molar refractivity (Wildman–Crippen MR) is 108 cm³/mol. The maximum atomic E-state index is 11.5. The number of carbonyl (C=O) groups is 1. The fourth-order valence-electron chi connectivity index (χ4n) is 2.35. The smallest absolute Gasteiger partial charge is 0.339 e. The SMILES string of the molecule is O=C(O)c1cnc(NCCNc2ccc([N+](=O)[O-])cn2)nc1-c1cncc(Br)c1. The van der Waals surface area contributed by atoms with Gasteiger partial charge in [0.15, 0.2) is 0 Å². The molecule has 0 aliphatic heterocycles. The minimum atomic E-state index is -1.14. The second-order valence-corrected chi connectivity index (χ2v) is 6.58. The molecule has 12 heteroatoms. The highest BCUT2D eigenvalue weighted by atomic mass is 79.9. The first-order chi connectivity index (χ1) is 13.9. The molecular formula is C17H14BrN7O4. The van der Waals surface area contributed by atoms with Gasteiger partial charge in [0.05, 0.1) is 10.6 Å². The van der Waals surface area contributed by atoms with Gasteiger partial charge >= 0.3 is 5.97 Å². The fourth-order valence-corrected chi connectivity index (χ4v) is 2.71. The number of halogens is 1. The monoisotopic (exact) mass is 459 g/mol. The van der Waals surface area contributed by atoms with Crippen LogP contribution in [-0.4, -0.2) is 49.0 Å². The lowest BCUT2D eigenvalue weighted by Gasteiger charge is -2.10. The van der Waals surface area contributed by atoms with Crippen LogP contribution in [-0.2, 0) is 0 Å². The van der Waals surface area contributed by atoms with Crippen LogP contribution in [0.1, 0.15) is 10.4 Å². The Morgan fingerprint density at radius 2 is 1.93 bits per heavy atom. The lowest BCUT2D eigenvalue weighted by Crippen LogP contribution is -2.16. The van der Waals surface area contributed by atoms with Gasteiger partial charge in [0, 0.05) is 47.8 Å². The maximum Gasteiger partial charge on any atom is 0.339 e. The normalized spacial score (nSPS) is 10.4. The van der Waals surface area contributed by atoms with E-state index in [2.05, 4.69) is 46.5 Å². The number of carboxylic acids is 1. The third-order valence-electron chi connectivity index (χ3n) is 3.67. The minimum Gasteiger partial charge on any atom is -0.478 e. The zero-order valence-electron chi connectivity index (χ0n) is 14.7. The molecule has 0 aliphatic carbocycles. The highest BCUT2D eigenvalue weighted by Crippen LogP contribution is 2.24. The van der Waals surface area contributed by atoms with E-state index in [0.717, 1.165) is 0 Å². The number of carboxylic acid groups (broad SMARTS) is 1. The van der Waals surface area contributed by atoms with E-state index in [1.165, 1.54) is 30.7 Å². The molecule has 3 aromatic heterocycles. The van der Waals surface area contributed by atoms with Crippen LogP contribution in [0.4, 0.5) is 17.5 Å². The molecule has 29 heavy (non-hydrogen) atoms. The molecule has 0 spiro atoms. The quantitative estimate of drug-likeness (QED) is 0.259. The van der Waals surface area contributed by atoms with Gasteiger partial charge in [0.25, 0.3) is 5.69 Å². The van der Waals surface area contributed by atoms with Crippen LogP contribution in [0.5, 0.6) is 0 Å². The maximum absolute atomic E-state index is 11.5. The Labute approximate surface area is 172 Å². The van der Waals surface area contributed by atoms with Crippen molar-refractivity contribution < 1.29 is 14.8 Å². The molecule has 0 aliphatic rings. The number of nitrogens with zero attached hydrogens (tertiary/aromatic N) is 5. The van der Waals surface area contributed by atoms with Crippen LogP contribution in [0.25, 0.3) is 11.3 Å². The number of nitro groups is 1. The van der Waals surface area contributed by atoms with E-state index >= 15 is 0 Å². The first-order valence-electron chi connectivity index (χ1n) is 8.23. The Balaban J connectivity index is 1.66. The molecule has 3 heterocycles. The summed E-state index contributed by atoms with van der Waals surface area (Å²) in [6.07, 6.45) is 5.51. The lowest BCUT2D eigenvalue weighted by molar-refractivity contribution is -0.385. The molecule has 3 N–H and O–H groups in total. The Morgan fingerprint density at radius 3 is 2.59 bits per heavy atom. The van der Waals surface area contributed by atoms with Gasteiger partial charge in [-0.15, -0.1) is 0 Å². The summed E-state index contributed by atoms with van der Waals surface area (Å²) in [5.41, 5.74) is 0.656. The van der Waals surface area contributed by atoms with Gasteiger partial charge in [-0.2, -0.15) is 0 Å².